The molecule has 1 saturated heterocycles. The van der Waals surface area contributed by atoms with Gasteiger partial charge in [0.05, 0.1) is 12.7 Å². The molecule has 1 aromatic carbocycles. The number of ether oxygens (including phenoxy) is 1. The Kier molecular flexibility index (Phi) is 4.34. The molecule has 1 aromatic rings. The maximum absolute atomic E-state index is 13.0. The van der Waals surface area contributed by atoms with Crippen molar-refractivity contribution in [1.82, 2.24) is 4.90 Å². The molecule has 2 N–H and O–H groups in total. The number of halogens is 1. The molecule has 1 aliphatic carbocycles. The van der Waals surface area contributed by atoms with Crippen molar-refractivity contribution in [3.8, 4) is 0 Å². The molecule has 110 valence electrons. The third kappa shape index (κ3) is 3.03. The zero-order valence-electron chi connectivity index (χ0n) is 11.8. The van der Waals surface area contributed by atoms with Gasteiger partial charge >= 0.3 is 0 Å². The highest BCUT2D eigenvalue weighted by molar-refractivity contribution is 5.20. The van der Waals surface area contributed by atoms with Gasteiger partial charge in [0.1, 0.15) is 5.82 Å². The zero-order valence-corrected chi connectivity index (χ0v) is 11.8. The fourth-order valence-electron chi connectivity index (χ4n) is 3.47. The Morgan fingerprint density at radius 1 is 1.25 bits per heavy atom. The van der Waals surface area contributed by atoms with Crippen LogP contribution in [0.1, 0.15) is 37.3 Å². The Bertz CT molecular complexity index is 435. The molecule has 0 spiro atoms. The van der Waals surface area contributed by atoms with Gasteiger partial charge in [0.2, 0.25) is 0 Å². The number of fused-ring (bicyclic) bond motifs is 1. The van der Waals surface area contributed by atoms with E-state index >= 15 is 0 Å². The SMILES string of the molecule is NC(CN1CCOC2CCCCC21)c1ccc(F)cc1. The predicted molar refractivity (Wildman–Crippen MR) is 76.9 cm³/mol. The van der Waals surface area contributed by atoms with Crippen LogP contribution < -0.4 is 5.73 Å². The maximum Gasteiger partial charge on any atom is 0.123 e. The first kappa shape index (κ1) is 14.0. The molecule has 0 bridgehead atoms. The number of hydrogen-bond donors (Lipinski definition) is 1. The van der Waals surface area contributed by atoms with E-state index < -0.39 is 0 Å². The molecular weight excluding hydrogens is 255 g/mol. The third-order valence-electron chi connectivity index (χ3n) is 4.58. The number of rotatable bonds is 3. The normalized spacial score (nSPS) is 28.9. The number of nitrogens with two attached hydrogens (primary N) is 1. The first-order valence-corrected chi connectivity index (χ1v) is 7.61. The Balaban J connectivity index is 1.65. The number of morpholine rings is 1. The predicted octanol–water partition coefficient (Wildman–Crippen LogP) is 2.47. The number of nitrogens with zero attached hydrogens (tertiary/aromatic N) is 1. The van der Waals surface area contributed by atoms with Crippen molar-refractivity contribution in [2.45, 2.75) is 43.9 Å². The van der Waals surface area contributed by atoms with Crippen molar-refractivity contribution in [2.75, 3.05) is 19.7 Å². The minimum Gasteiger partial charge on any atom is -0.375 e. The van der Waals surface area contributed by atoms with E-state index in [-0.39, 0.29) is 11.9 Å². The summed E-state index contributed by atoms with van der Waals surface area (Å²) in [5.41, 5.74) is 7.30. The van der Waals surface area contributed by atoms with E-state index in [0.29, 0.717) is 12.1 Å². The zero-order chi connectivity index (χ0) is 13.9. The second kappa shape index (κ2) is 6.20. The van der Waals surface area contributed by atoms with E-state index in [1.165, 1.54) is 37.8 Å². The Morgan fingerprint density at radius 2 is 2.00 bits per heavy atom. The lowest BCUT2D eigenvalue weighted by Gasteiger charge is -2.44. The molecule has 1 saturated carbocycles. The minimum atomic E-state index is -0.209. The van der Waals surface area contributed by atoms with Gasteiger partial charge in [-0.05, 0) is 30.5 Å². The van der Waals surface area contributed by atoms with Crippen molar-refractivity contribution < 1.29 is 9.13 Å². The molecule has 2 fully saturated rings. The van der Waals surface area contributed by atoms with Crippen molar-refractivity contribution in [2.24, 2.45) is 5.73 Å². The Labute approximate surface area is 119 Å². The molecule has 1 heterocycles. The van der Waals surface area contributed by atoms with E-state index in [1.807, 2.05) is 0 Å². The van der Waals surface area contributed by atoms with Crippen LogP contribution in [0.25, 0.3) is 0 Å². The molecule has 3 nitrogen and oxygen atoms in total. The van der Waals surface area contributed by atoms with E-state index in [1.54, 1.807) is 12.1 Å². The smallest absolute Gasteiger partial charge is 0.123 e. The molecule has 0 aromatic heterocycles. The fourth-order valence-corrected chi connectivity index (χ4v) is 3.47. The summed E-state index contributed by atoms with van der Waals surface area (Å²) >= 11 is 0. The van der Waals surface area contributed by atoms with Crippen LogP contribution in [0.3, 0.4) is 0 Å². The molecule has 0 amide bonds. The molecule has 3 atom stereocenters. The van der Waals surface area contributed by atoms with E-state index in [0.717, 1.165) is 25.3 Å². The van der Waals surface area contributed by atoms with Crippen LogP contribution in [0.15, 0.2) is 24.3 Å². The highest BCUT2D eigenvalue weighted by Crippen LogP contribution is 2.29. The second-order valence-electron chi connectivity index (χ2n) is 5.91. The van der Waals surface area contributed by atoms with Crippen LogP contribution in [0.2, 0.25) is 0 Å². The van der Waals surface area contributed by atoms with E-state index in [4.69, 9.17) is 10.5 Å². The molecule has 4 heteroatoms. The van der Waals surface area contributed by atoms with Crippen LogP contribution >= 0.6 is 0 Å². The number of hydrogen-bond acceptors (Lipinski definition) is 3. The van der Waals surface area contributed by atoms with Gasteiger partial charge in [0.15, 0.2) is 0 Å². The maximum atomic E-state index is 13.0. The van der Waals surface area contributed by atoms with Gasteiger partial charge in [-0.25, -0.2) is 4.39 Å². The molecule has 1 aliphatic heterocycles. The highest BCUT2D eigenvalue weighted by atomic mass is 19.1. The first-order valence-electron chi connectivity index (χ1n) is 7.61. The standard InChI is InChI=1S/C16H23FN2O/c17-13-7-5-12(6-8-13)14(18)11-19-9-10-20-16-4-2-1-3-15(16)19/h5-8,14-16H,1-4,9-11,18H2. The average molecular weight is 278 g/mol. The molecule has 3 unspecified atom stereocenters. The quantitative estimate of drug-likeness (QED) is 0.923. The van der Waals surface area contributed by atoms with Gasteiger partial charge in [-0.1, -0.05) is 25.0 Å². The summed E-state index contributed by atoms with van der Waals surface area (Å²) in [6.07, 6.45) is 5.33. The molecule has 0 radical (unpaired) electrons. The number of benzene rings is 1. The minimum absolute atomic E-state index is 0.0590. The highest BCUT2D eigenvalue weighted by Gasteiger charge is 2.34. The van der Waals surface area contributed by atoms with Crippen LogP contribution in [0.4, 0.5) is 4.39 Å². The van der Waals surface area contributed by atoms with Gasteiger partial charge in [-0.15, -0.1) is 0 Å². The lowest BCUT2D eigenvalue weighted by Crippen LogP contribution is -2.54. The van der Waals surface area contributed by atoms with Crippen molar-refractivity contribution in [3.63, 3.8) is 0 Å². The van der Waals surface area contributed by atoms with Crippen LogP contribution in [-0.2, 0) is 4.74 Å². The summed E-state index contributed by atoms with van der Waals surface area (Å²) in [5.74, 6) is -0.209. The van der Waals surface area contributed by atoms with Crippen LogP contribution in [0.5, 0.6) is 0 Å². The molecule has 3 rings (SSSR count). The summed E-state index contributed by atoms with van der Waals surface area (Å²) in [5, 5.41) is 0. The first-order chi connectivity index (χ1) is 9.74. The van der Waals surface area contributed by atoms with Crippen LogP contribution in [0, 0.1) is 5.82 Å². The Hall–Kier alpha value is -0.970. The van der Waals surface area contributed by atoms with E-state index in [9.17, 15) is 4.39 Å². The van der Waals surface area contributed by atoms with Crippen molar-refractivity contribution in [3.05, 3.63) is 35.6 Å². The molecule has 2 aliphatic rings. The summed E-state index contributed by atoms with van der Waals surface area (Å²) in [4.78, 5) is 2.47. The van der Waals surface area contributed by atoms with Gasteiger partial charge in [-0.2, -0.15) is 0 Å². The molecular formula is C16H23FN2O. The fraction of sp³-hybridized carbons (Fsp3) is 0.625. The lowest BCUT2D eigenvalue weighted by atomic mass is 9.89. The van der Waals surface area contributed by atoms with Crippen molar-refractivity contribution in [1.29, 1.82) is 0 Å². The third-order valence-corrected chi connectivity index (χ3v) is 4.58. The lowest BCUT2D eigenvalue weighted by molar-refractivity contribution is -0.0894. The second-order valence-corrected chi connectivity index (χ2v) is 5.91. The largest absolute Gasteiger partial charge is 0.375 e. The summed E-state index contributed by atoms with van der Waals surface area (Å²) in [6.45, 7) is 2.59. The average Bonchev–Trinajstić information content (AvgIpc) is 2.48. The van der Waals surface area contributed by atoms with Crippen LogP contribution in [-0.4, -0.2) is 36.7 Å². The van der Waals surface area contributed by atoms with Gasteiger partial charge in [0, 0.05) is 25.2 Å². The van der Waals surface area contributed by atoms with E-state index in [2.05, 4.69) is 4.90 Å². The van der Waals surface area contributed by atoms with Crippen molar-refractivity contribution >= 4 is 0 Å². The summed E-state index contributed by atoms with van der Waals surface area (Å²) < 4.78 is 18.8. The molecule has 20 heavy (non-hydrogen) atoms. The monoisotopic (exact) mass is 278 g/mol. The van der Waals surface area contributed by atoms with Gasteiger partial charge in [-0.3, -0.25) is 4.90 Å². The van der Waals surface area contributed by atoms with Gasteiger partial charge < -0.3 is 10.5 Å². The summed E-state index contributed by atoms with van der Waals surface area (Å²) in [7, 11) is 0. The van der Waals surface area contributed by atoms with Gasteiger partial charge in [0.25, 0.3) is 0 Å². The summed E-state index contributed by atoms with van der Waals surface area (Å²) in [6, 6.07) is 7.01. The topological polar surface area (TPSA) is 38.5 Å². The Morgan fingerprint density at radius 3 is 2.80 bits per heavy atom.